The monoisotopic (exact) mass is 362 g/mol. The van der Waals surface area contributed by atoms with Crippen molar-refractivity contribution < 1.29 is 4.79 Å². The lowest BCUT2D eigenvalue weighted by Crippen LogP contribution is -2.14. The molecule has 128 valence electrons. The maximum absolute atomic E-state index is 12.1. The number of para-hydroxylation sites is 1. The fourth-order valence-corrected chi connectivity index (χ4v) is 3.05. The van der Waals surface area contributed by atoms with E-state index in [-0.39, 0.29) is 11.7 Å². The van der Waals surface area contributed by atoms with Crippen LogP contribution in [0.5, 0.6) is 0 Å². The standard InChI is InChI=1S/C18H14N6OS/c25-17(20-13-6-2-1-3-7-13)12-26-18-22-21-16-10-9-15(23-24(16)18)14-8-4-5-11-19-14/h1-11H,12H2,(H,20,25). The molecule has 7 nitrogen and oxygen atoms in total. The van der Waals surface area contributed by atoms with Crippen molar-refractivity contribution in [1.82, 2.24) is 24.8 Å². The highest BCUT2D eigenvalue weighted by Gasteiger charge is 2.12. The Hall–Kier alpha value is -3.26. The molecule has 0 unspecified atom stereocenters. The highest BCUT2D eigenvalue weighted by Crippen LogP contribution is 2.19. The van der Waals surface area contributed by atoms with E-state index in [4.69, 9.17) is 0 Å². The highest BCUT2D eigenvalue weighted by atomic mass is 32.2. The summed E-state index contributed by atoms with van der Waals surface area (Å²) in [4.78, 5) is 16.4. The van der Waals surface area contributed by atoms with Crippen LogP contribution in [-0.2, 0) is 4.79 Å². The lowest BCUT2D eigenvalue weighted by molar-refractivity contribution is -0.113. The minimum absolute atomic E-state index is 0.112. The molecule has 0 saturated heterocycles. The van der Waals surface area contributed by atoms with Gasteiger partial charge in [0.1, 0.15) is 5.69 Å². The number of benzene rings is 1. The number of nitrogens with zero attached hydrogens (tertiary/aromatic N) is 5. The van der Waals surface area contributed by atoms with Gasteiger partial charge in [-0.1, -0.05) is 36.0 Å². The molecule has 0 bridgehead atoms. The maximum atomic E-state index is 12.1. The van der Waals surface area contributed by atoms with Gasteiger partial charge >= 0.3 is 0 Å². The Labute approximate surface area is 153 Å². The van der Waals surface area contributed by atoms with Crippen LogP contribution in [0.1, 0.15) is 0 Å². The second kappa shape index (κ2) is 7.32. The summed E-state index contributed by atoms with van der Waals surface area (Å²) < 4.78 is 1.63. The van der Waals surface area contributed by atoms with Gasteiger partial charge in [-0.05, 0) is 36.4 Å². The molecule has 1 amide bonds. The zero-order chi connectivity index (χ0) is 17.8. The third-order valence-corrected chi connectivity index (χ3v) is 4.47. The third-order valence-electron chi connectivity index (χ3n) is 3.55. The van der Waals surface area contributed by atoms with Crippen LogP contribution >= 0.6 is 11.8 Å². The van der Waals surface area contributed by atoms with E-state index in [1.807, 2.05) is 60.7 Å². The van der Waals surface area contributed by atoms with E-state index >= 15 is 0 Å². The van der Waals surface area contributed by atoms with Crippen LogP contribution in [0.2, 0.25) is 0 Å². The van der Waals surface area contributed by atoms with Gasteiger partial charge in [0.2, 0.25) is 11.1 Å². The Bertz CT molecular complexity index is 1040. The summed E-state index contributed by atoms with van der Waals surface area (Å²) in [5, 5.41) is 16.2. The van der Waals surface area contributed by atoms with Crippen molar-refractivity contribution in [2.45, 2.75) is 5.16 Å². The van der Waals surface area contributed by atoms with Crippen LogP contribution in [0.4, 0.5) is 5.69 Å². The number of hydrogen-bond donors (Lipinski definition) is 1. The summed E-state index contributed by atoms with van der Waals surface area (Å²) in [5.74, 6) is 0.101. The molecule has 1 aromatic carbocycles. The first-order valence-electron chi connectivity index (χ1n) is 7.91. The average molecular weight is 362 g/mol. The summed E-state index contributed by atoms with van der Waals surface area (Å²) in [6.45, 7) is 0. The molecule has 8 heteroatoms. The van der Waals surface area contributed by atoms with Gasteiger partial charge in [-0.3, -0.25) is 9.78 Å². The Kier molecular flexibility index (Phi) is 4.57. The van der Waals surface area contributed by atoms with E-state index in [9.17, 15) is 4.79 Å². The lowest BCUT2D eigenvalue weighted by atomic mass is 10.2. The number of aromatic nitrogens is 5. The number of anilines is 1. The minimum Gasteiger partial charge on any atom is -0.325 e. The second-order valence-electron chi connectivity index (χ2n) is 5.39. The normalized spacial score (nSPS) is 10.8. The quantitative estimate of drug-likeness (QED) is 0.550. The van der Waals surface area contributed by atoms with Gasteiger partial charge in [-0.25, -0.2) is 0 Å². The van der Waals surface area contributed by atoms with Crippen LogP contribution in [0.25, 0.3) is 17.0 Å². The molecule has 4 rings (SSSR count). The molecule has 3 heterocycles. The van der Waals surface area contributed by atoms with Gasteiger partial charge in [0.15, 0.2) is 5.65 Å². The number of carbonyl (C=O) groups is 1. The van der Waals surface area contributed by atoms with E-state index in [0.717, 1.165) is 11.4 Å². The van der Waals surface area contributed by atoms with Crippen LogP contribution < -0.4 is 5.32 Å². The van der Waals surface area contributed by atoms with Crippen LogP contribution in [0.3, 0.4) is 0 Å². The predicted molar refractivity (Wildman–Crippen MR) is 99.8 cm³/mol. The van der Waals surface area contributed by atoms with Gasteiger partial charge in [-0.2, -0.15) is 9.61 Å². The number of thioether (sulfide) groups is 1. The second-order valence-corrected chi connectivity index (χ2v) is 6.33. The summed E-state index contributed by atoms with van der Waals surface area (Å²) in [5.41, 5.74) is 2.87. The molecule has 0 aliphatic rings. The molecule has 0 aliphatic heterocycles. The molecule has 26 heavy (non-hydrogen) atoms. The van der Waals surface area contributed by atoms with E-state index in [1.54, 1.807) is 10.7 Å². The molecular weight excluding hydrogens is 348 g/mol. The topological polar surface area (TPSA) is 85.1 Å². The van der Waals surface area contributed by atoms with Crippen molar-refractivity contribution in [3.05, 3.63) is 66.9 Å². The first-order chi connectivity index (χ1) is 12.8. The zero-order valence-electron chi connectivity index (χ0n) is 13.6. The van der Waals surface area contributed by atoms with Crippen molar-refractivity contribution in [2.75, 3.05) is 11.1 Å². The minimum atomic E-state index is -0.112. The van der Waals surface area contributed by atoms with Crippen molar-refractivity contribution in [2.24, 2.45) is 0 Å². The lowest BCUT2D eigenvalue weighted by Gasteiger charge is -2.04. The Morgan fingerprint density at radius 1 is 0.962 bits per heavy atom. The van der Waals surface area contributed by atoms with Gasteiger partial charge in [0.25, 0.3) is 0 Å². The van der Waals surface area contributed by atoms with Gasteiger partial charge < -0.3 is 5.32 Å². The molecule has 0 spiro atoms. The fraction of sp³-hybridized carbons (Fsp3) is 0.0556. The molecular formula is C18H14N6OS. The van der Waals surface area contributed by atoms with Crippen molar-refractivity contribution in [1.29, 1.82) is 0 Å². The SMILES string of the molecule is O=C(CSc1nnc2ccc(-c3ccccn3)nn12)Nc1ccccc1. The molecule has 0 fully saturated rings. The fourth-order valence-electron chi connectivity index (χ4n) is 2.36. The first kappa shape index (κ1) is 16.2. The predicted octanol–water partition coefficient (Wildman–Crippen LogP) is 2.92. The molecule has 0 atom stereocenters. The van der Waals surface area contributed by atoms with Crippen LogP contribution in [0, 0.1) is 0 Å². The summed E-state index contributed by atoms with van der Waals surface area (Å²) in [6, 6.07) is 18.7. The number of pyridine rings is 1. The maximum Gasteiger partial charge on any atom is 0.234 e. The summed E-state index contributed by atoms with van der Waals surface area (Å²) >= 11 is 1.28. The largest absolute Gasteiger partial charge is 0.325 e. The first-order valence-corrected chi connectivity index (χ1v) is 8.90. The number of carbonyl (C=O) groups excluding carboxylic acids is 1. The highest BCUT2D eigenvalue weighted by molar-refractivity contribution is 7.99. The van der Waals surface area contributed by atoms with Crippen LogP contribution in [-0.4, -0.2) is 36.5 Å². The van der Waals surface area contributed by atoms with Crippen LogP contribution in [0.15, 0.2) is 72.0 Å². The molecule has 0 aliphatic carbocycles. The summed E-state index contributed by atoms with van der Waals surface area (Å²) in [7, 11) is 0. The van der Waals surface area contributed by atoms with E-state index in [2.05, 4.69) is 25.6 Å². The zero-order valence-corrected chi connectivity index (χ0v) is 14.4. The summed E-state index contributed by atoms with van der Waals surface area (Å²) in [6.07, 6.45) is 1.72. The Morgan fingerprint density at radius 2 is 1.81 bits per heavy atom. The van der Waals surface area contributed by atoms with E-state index < -0.39 is 0 Å². The average Bonchev–Trinajstić information content (AvgIpc) is 3.10. The Morgan fingerprint density at radius 3 is 2.62 bits per heavy atom. The molecule has 4 aromatic rings. The molecule has 3 aromatic heterocycles. The number of amides is 1. The van der Waals surface area contributed by atoms with Gasteiger partial charge in [0, 0.05) is 11.9 Å². The molecule has 1 N–H and O–H groups in total. The smallest absolute Gasteiger partial charge is 0.234 e. The third kappa shape index (κ3) is 3.55. The number of rotatable bonds is 5. The van der Waals surface area contributed by atoms with Gasteiger partial charge in [-0.15, -0.1) is 10.2 Å². The Balaban J connectivity index is 1.50. The molecule has 0 saturated carbocycles. The van der Waals surface area contributed by atoms with Crippen molar-refractivity contribution in [3.63, 3.8) is 0 Å². The van der Waals surface area contributed by atoms with Gasteiger partial charge in [0.05, 0.1) is 11.4 Å². The van der Waals surface area contributed by atoms with E-state index in [0.29, 0.717) is 16.5 Å². The number of fused-ring (bicyclic) bond motifs is 1. The van der Waals surface area contributed by atoms with Crippen molar-refractivity contribution in [3.8, 4) is 11.4 Å². The van der Waals surface area contributed by atoms with E-state index in [1.165, 1.54) is 11.8 Å². The number of hydrogen-bond acceptors (Lipinski definition) is 6. The van der Waals surface area contributed by atoms with Crippen molar-refractivity contribution >= 4 is 29.0 Å². The molecule has 0 radical (unpaired) electrons. The number of nitrogens with one attached hydrogen (secondary N) is 1.